The molecule has 0 radical (unpaired) electrons. The van der Waals surface area contributed by atoms with E-state index in [1.165, 1.54) is 10.6 Å². The summed E-state index contributed by atoms with van der Waals surface area (Å²) in [6.45, 7) is 1.70. The third-order valence-electron chi connectivity index (χ3n) is 2.94. The van der Waals surface area contributed by atoms with Crippen LogP contribution in [0.2, 0.25) is 0 Å². The van der Waals surface area contributed by atoms with Crippen molar-refractivity contribution >= 4 is 38.3 Å². The number of piperazine rings is 1. The smallest absolute Gasteiger partial charge is 0.255 e. The van der Waals surface area contributed by atoms with Crippen LogP contribution in [0.25, 0.3) is 0 Å². The molecule has 2 rings (SSSR count). The lowest BCUT2D eigenvalue weighted by Crippen LogP contribution is -2.48. The summed E-state index contributed by atoms with van der Waals surface area (Å²) in [5, 5.41) is 0.609. The molecule has 2 heterocycles. The number of rotatable bonds is 3. The van der Waals surface area contributed by atoms with E-state index >= 15 is 0 Å². The Morgan fingerprint density at radius 3 is 2.37 bits per heavy atom. The first-order valence-electron chi connectivity index (χ1n) is 5.55. The fourth-order valence-electron chi connectivity index (χ4n) is 1.96. The van der Waals surface area contributed by atoms with Crippen LogP contribution in [0.1, 0.15) is 10.4 Å². The largest absolute Gasteiger partial charge is 0.382 e. The maximum atomic E-state index is 11.4. The average Bonchev–Trinajstić information content (AvgIpc) is 2.70. The number of nitrogen functional groups attached to an aromatic ring is 1. The second-order valence-corrected chi connectivity index (χ2v) is 7.00. The summed E-state index contributed by atoms with van der Waals surface area (Å²) in [6.07, 6.45) is 1.18. The van der Waals surface area contributed by atoms with E-state index in [9.17, 15) is 13.2 Å². The van der Waals surface area contributed by atoms with Crippen molar-refractivity contribution in [3.05, 3.63) is 5.56 Å². The molecule has 1 fully saturated rings. The molecular weight excluding hydrogens is 290 g/mol. The molecule has 1 aromatic heterocycles. The highest BCUT2D eigenvalue weighted by Gasteiger charge is 2.28. The number of nitrogens with two attached hydrogens (primary N) is 2. The van der Waals surface area contributed by atoms with Crippen LogP contribution in [-0.4, -0.2) is 55.4 Å². The van der Waals surface area contributed by atoms with Crippen LogP contribution in [0.15, 0.2) is 0 Å². The zero-order valence-electron chi connectivity index (χ0n) is 10.4. The molecular formula is C9H15N5O3S2. The van der Waals surface area contributed by atoms with E-state index in [2.05, 4.69) is 4.37 Å². The maximum absolute atomic E-state index is 11.4. The molecule has 0 saturated carbocycles. The number of amides is 1. The monoisotopic (exact) mass is 305 g/mol. The van der Waals surface area contributed by atoms with Gasteiger partial charge in [0, 0.05) is 26.2 Å². The standard InChI is InChI=1S/C9H15N5O3S2/c1-19(16,17)14-4-2-13(3-5-14)9-6(8(11)15)7(10)12-18-9/h2-5H2,1H3,(H2,10,12)(H2,11,15). The van der Waals surface area contributed by atoms with Crippen molar-refractivity contribution < 1.29 is 13.2 Å². The summed E-state index contributed by atoms with van der Waals surface area (Å²) in [5.74, 6) is -0.496. The number of carbonyl (C=O) groups excluding carboxylic acids is 1. The Balaban J connectivity index is 2.17. The first kappa shape index (κ1) is 14.0. The third-order valence-corrected chi connectivity index (χ3v) is 5.17. The number of primary amides is 1. The molecule has 1 aliphatic rings. The topological polar surface area (TPSA) is 123 Å². The van der Waals surface area contributed by atoms with Gasteiger partial charge in [0.05, 0.1) is 6.26 Å². The maximum Gasteiger partial charge on any atom is 0.255 e. The molecule has 1 amide bonds. The zero-order chi connectivity index (χ0) is 14.2. The molecule has 0 aliphatic carbocycles. The average molecular weight is 305 g/mol. The molecule has 0 unspecified atom stereocenters. The normalized spacial score (nSPS) is 17.6. The first-order valence-corrected chi connectivity index (χ1v) is 8.18. The summed E-state index contributed by atoms with van der Waals surface area (Å²) in [7, 11) is -3.17. The second kappa shape index (κ2) is 4.94. The third kappa shape index (κ3) is 2.80. The fraction of sp³-hybridized carbons (Fsp3) is 0.556. The van der Waals surface area contributed by atoms with Crippen molar-refractivity contribution in [1.29, 1.82) is 0 Å². The van der Waals surface area contributed by atoms with Crippen LogP contribution in [0.5, 0.6) is 0 Å². The van der Waals surface area contributed by atoms with Crippen LogP contribution in [0.3, 0.4) is 0 Å². The summed E-state index contributed by atoms with van der Waals surface area (Å²) in [4.78, 5) is 13.2. The van der Waals surface area contributed by atoms with Crippen LogP contribution in [-0.2, 0) is 10.0 Å². The van der Waals surface area contributed by atoms with Gasteiger partial charge in [-0.3, -0.25) is 4.79 Å². The predicted molar refractivity (Wildman–Crippen MR) is 73.7 cm³/mol. The van der Waals surface area contributed by atoms with E-state index in [4.69, 9.17) is 11.5 Å². The molecule has 1 saturated heterocycles. The summed E-state index contributed by atoms with van der Waals surface area (Å²) < 4.78 is 28.2. The quantitative estimate of drug-likeness (QED) is 0.731. The van der Waals surface area contributed by atoms with Crippen molar-refractivity contribution in [1.82, 2.24) is 8.68 Å². The summed E-state index contributed by atoms with van der Waals surface area (Å²) in [5.41, 5.74) is 11.1. The van der Waals surface area contributed by atoms with Gasteiger partial charge < -0.3 is 16.4 Å². The molecule has 0 spiro atoms. The van der Waals surface area contributed by atoms with Gasteiger partial charge in [-0.05, 0) is 11.5 Å². The van der Waals surface area contributed by atoms with Crippen molar-refractivity contribution in [3.63, 3.8) is 0 Å². The molecule has 0 bridgehead atoms. The minimum absolute atomic E-state index is 0.123. The van der Waals surface area contributed by atoms with Crippen molar-refractivity contribution in [2.24, 2.45) is 5.73 Å². The van der Waals surface area contributed by atoms with Crippen LogP contribution in [0, 0.1) is 0 Å². The molecule has 10 heteroatoms. The fourth-order valence-corrected chi connectivity index (χ4v) is 3.66. The molecule has 1 aliphatic heterocycles. The van der Waals surface area contributed by atoms with Gasteiger partial charge in [0.15, 0.2) is 5.82 Å². The molecule has 8 nitrogen and oxygen atoms in total. The van der Waals surface area contributed by atoms with E-state index in [1.54, 1.807) is 0 Å². The van der Waals surface area contributed by atoms with E-state index < -0.39 is 15.9 Å². The van der Waals surface area contributed by atoms with Gasteiger partial charge in [-0.2, -0.15) is 8.68 Å². The van der Waals surface area contributed by atoms with Gasteiger partial charge in [0.1, 0.15) is 10.6 Å². The lowest BCUT2D eigenvalue weighted by Gasteiger charge is -2.33. The minimum Gasteiger partial charge on any atom is -0.382 e. The number of sulfonamides is 1. The Hall–Kier alpha value is -1.39. The van der Waals surface area contributed by atoms with Gasteiger partial charge in [-0.15, -0.1) is 0 Å². The van der Waals surface area contributed by atoms with Gasteiger partial charge in [0.25, 0.3) is 5.91 Å². The van der Waals surface area contributed by atoms with Crippen molar-refractivity contribution in [2.45, 2.75) is 0 Å². The number of hydrogen-bond donors (Lipinski definition) is 2. The number of aromatic nitrogens is 1. The van der Waals surface area contributed by atoms with Crippen molar-refractivity contribution in [2.75, 3.05) is 43.1 Å². The number of anilines is 2. The zero-order valence-corrected chi connectivity index (χ0v) is 12.0. The van der Waals surface area contributed by atoms with Crippen molar-refractivity contribution in [3.8, 4) is 0 Å². The highest BCUT2D eigenvalue weighted by molar-refractivity contribution is 7.88. The van der Waals surface area contributed by atoms with E-state index in [0.717, 1.165) is 11.5 Å². The highest BCUT2D eigenvalue weighted by Crippen LogP contribution is 2.30. The number of hydrogen-bond acceptors (Lipinski definition) is 7. The molecule has 4 N–H and O–H groups in total. The van der Waals surface area contributed by atoms with E-state index in [0.29, 0.717) is 31.2 Å². The van der Waals surface area contributed by atoms with Gasteiger partial charge in [0.2, 0.25) is 10.0 Å². The Labute approximate surface area is 115 Å². The second-order valence-electron chi connectivity index (χ2n) is 4.26. The first-order chi connectivity index (χ1) is 8.80. The summed E-state index contributed by atoms with van der Waals surface area (Å²) >= 11 is 1.10. The molecule has 0 atom stereocenters. The number of carbonyl (C=O) groups is 1. The van der Waals surface area contributed by atoms with E-state index in [1.807, 2.05) is 4.90 Å². The number of nitrogens with zero attached hydrogens (tertiary/aromatic N) is 3. The predicted octanol–water partition coefficient (Wildman–Crippen LogP) is -1.09. The SMILES string of the molecule is CS(=O)(=O)N1CCN(c2snc(N)c2C(N)=O)CC1. The van der Waals surface area contributed by atoms with Crippen LogP contribution >= 0.6 is 11.5 Å². The van der Waals surface area contributed by atoms with E-state index in [-0.39, 0.29) is 11.4 Å². The Bertz CT molecular complexity index is 589. The Morgan fingerprint density at radius 1 is 1.32 bits per heavy atom. The highest BCUT2D eigenvalue weighted by atomic mass is 32.2. The molecule has 1 aromatic rings. The molecule has 0 aromatic carbocycles. The van der Waals surface area contributed by atoms with Crippen LogP contribution < -0.4 is 16.4 Å². The Kier molecular flexibility index (Phi) is 3.65. The lowest BCUT2D eigenvalue weighted by molar-refractivity contribution is 0.100. The minimum atomic E-state index is -3.17. The van der Waals surface area contributed by atoms with Gasteiger partial charge in [-0.25, -0.2) is 8.42 Å². The Morgan fingerprint density at radius 2 is 1.89 bits per heavy atom. The van der Waals surface area contributed by atoms with Gasteiger partial charge in [-0.1, -0.05) is 0 Å². The molecule has 19 heavy (non-hydrogen) atoms. The lowest BCUT2D eigenvalue weighted by atomic mass is 10.2. The van der Waals surface area contributed by atoms with Crippen LogP contribution in [0.4, 0.5) is 10.8 Å². The summed E-state index contributed by atoms with van der Waals surface area (Å²) in [6, 6.07) is 0. The molecule has 106 valence electrons. The van der Waals surface area contributed by atoms with Gasteiger partial charge >= 0.3 is 0 Å².